The fraction of sp³-hybridized carbons (Fsp3) is 0.750. The first kappa shape index (κ1) is 8.90. The van der Waals surface area contributed by atoms with Crippen LogP contribution in [0.3, 0.4) is 0 Å². The zero-order valence-electron chi connectivity index (χ0n) is 7.62. The summed E-state index contributed by atoms with van der Waals surface area (Å²) in [4.78, 5) is 0. The van der Waals surface area contributed by atoms with Gasteiger partial charge in [0.15, 0.2) is 0 Å². The van der Waals surface area contributed by atoms with E-state index >= 15 is 0 Å². The molecule has 0 spiro atoms. The van der Waals surface area contributed by atoms with Crippen molar-refractivity contribution in [2.24, 2.45) is 0 Å². The van der Waals surface area contributed by atoms with Gasteiger partial charge in [0, 0.05) is 0 Å². The van der Waals surface area contributed by atoms with Gasteiger partial charge in [-0.25, -0.2) is 0 Å². The molecule has 0 saturated carbocycles. The second-order valence-corrected chi connectivity index (χ2v) is 4.15. The molecule has 1 aliphatic heterocycles. The normalized spacial score (nSPS) is 21.3. The van der Waals surface area contributed by atoms with Crippen LogP contribution in [0.25, 0.3) is 0 Å². The van der Waals surface area contributed by atoms with E-state index in [-0.39, 0.29) is 5.60 Å². The summed E-state index contributed by atoms with van der Waals surface area (Å²) >= 11 is 1.33. The minimum Gasteiger partial charge on any atom is -0.470 e. The van der Waals surface area contributed by atoms with E-state index in [1.807, 2.05) is 5.38 Å². The van der Waals surface area contributed by atoms with Gasteiger partial charge in [-0.05, 0) is 44.4 Å². The molecule has 0 aliphatic carbocycles. The van der Waals surface area contributed by atoms with Crippen molar-refractivity contribution in [2.75, 3.05) is 13.1 Å². The summed E-state index contributed by atoms with van der Waals surface area (Å²) in [6, 6.07) is 0. The largest absolute Gasteiger partial charge is 0.470 e. The van der Waals surface area contributed by atoms with Gasteiger partial charge in [-0.3, -0.25) is 0 Å². The summed E-state index contributed by atoms with van der Waals surface area (Å²) in [5.74, 6) is 0.661. The monoisotopic (exact) mass is 199 g/mol. The van der Waals surface area contributed by atoms with Gasteiger partial charge in [0.2, 0.25) is 5.88 Å². The van der Waals surface area contributed by atoms with E-state index in [9.17, 15) is 0 Å². The van der Waals surface area contributed by atoms with E-state index in [1.54, 1.807) is 0 Å². The standard InChI is InChI=1S/C8H13N3OS/c1-8(2-4-9-5-3-8)12-7-6-13-11-10-7/h6,9H,2-5H2,1H3. The molecule has 2 heterocycles. The lowest BCUT2D eigenvalue weighted by Gasteiger charge is -2.33. The van der Waals surface area contributed by atoms with E-state index in [4.69, 9.17) is 4.74 Å². The highest BCUT2D eigenvalue weighted by Gasteiger charge is 2.29. The summed E-state index contributed by atoms with van der Waals surface area (Å²) < 4.78 is 9.55. The highest BCUT2D eigenvalue weighted by Crippen LogP contribution is 2.24. The lowest BCUT2D eigenvalue weighted by atomic mass is 9.95. The highest BCUT2D eigenvalue weighted by atomic mass is 32.1. The van der Waals surface area contributed by atoms with Crippen LogP contribution in [0.15, 0.2) is 5.38 Å². The number of rotatable bonds is 2. The molecule has 0 atom stereocenters. The first-order chi connectivity index (χ1) is 6.29. The van der Waals surface area contributed by atoms with Gasteiger partial charge in [-0.1, -0.05) is 9.59 Å². The van der Waals surface area contributed by atoms with Crippen molar-refractivity contribution >= 4 is 11.5 Å². The van der Waals surface area contributed by atoms with E-state index in [2.05, 4.69) is 21.8 Å². The number of hydrogen-bond acceptors (Lipinski definition) is 5. The third kappa shape index (κ3) is 2.16. The summed E-state index contributed by atoms with van der Waals surface area (Å²) in [6.07, 6.45) is 2.06. The van der Waals surface area contributed by atoms with E-state index in [0.29, 0.717) is 5.88 Å². The van der Waals surface area contributed by atoms with Crippen molar-refractivity contribution in [3.8, 4) is 5.88 Å². The van der Waals surface area contributed by atoms with Crippen LogP contribution in [0.2, 0.25) is 0 Å². The number of hydrogen-bond donors (Lipinski definition) is 1. The maximum Gasteiger partial charge on any atom is 0.246 e. The van der Waals surface area contributed by atoms with Crippen molar-refractivity contribution in [1.29, 1.82) is 0 Å². The van der Waals surface area contributed by atoms with Crippen LogP contribution >= 0.6 is 11.5 Å². The Balaban J connectivity index is 1.99. The summed E-state index contributed by atoms with van der Waals surface area (Å²) in [6.45, 7) is 4.18. The van der Waals surface area contributed by atoms with Gasteiger partial charge in [0.05, 0.1) is 5.38 Å². The third-order valence-corrected chi connectivity index (χ3v) is 2.84. The summed E-state index contributed by atoms with van der Waals surface area (Å²) in [7, 11) is 0. The first-order valence-corrected chi connectivity index (χ1v) is 5.29. The van der Waals surface area contributed by atoms with Crippen molar-refractivity contribution in [1.82, 2.24) is 14.9 Å². The van der Waals surface area contributed by atoms with Crippen LogP contribution in [0.5, 0.6) is 5.88 Å². The van der Waals surface area contributed by atoms with Crippen LogP contribution < -0.4 is 10.1 Å². The molecule has 0 radical (unpaired) electrons. The molecule has 0 bridgehead atoms. The smallest absolute Gasteiger partial charge is 0.246 e. The maximum atomic E-state index is 5.78. The number of aromatic nitrogens is 2. The molecule has 0 unspecified atom stereocenters. The zero-order chi connectivity index (χ0) is 9.15. The lowest BCUT2D eigenvalue weighted by Crippen LogP contribution is -2.43. The Morgan fingerprint density at radius 3 is 2.92 bits per heavy atom. The summed E-state index contributed by atoms with van der Waals surface area (Å²) in [5, 5.41) is 9.03. The number of nitrogens with one attached hydrogen (secondary N) is 1. The second-order valence-electron chi connectivity index (χ2n) is 3.55. The van der Waals surface area contributed by atoms with Crippen LogP contribution in [-0.2, 0) is 0 Å². The molecule has 1 aromatic rings. The molecular formula is C8H13N3OS. The molecule has 0 aromatic carbocycles. The molecule has 1 fully saturated rings. The predicted molar refractivity (Wildman–Crippen MR) is 51.0 cm³/mol. The molecule has 13 heavy (non-hydrogen) atoms. The fourth-order valence-electron chi connectivity index (χ4n) is 1.51. The van der Waals surface area contributed by atoms with Gasteiger partial charge in [-0.2, -0.15) is 0 Å². The molecule has 0 amide bonds. The van der Waals surface area contributed by atoms with E-state index < -0.39 is 0 Å². The van der Waals surface area contributed by atoms with Crippen molar-refractivity contribution in [2.45, 2.75) is 25.4 Å². The average molecular weight is 199 g/mol. The van der Waals surface area contributed by atoms with Crippen LogP contribution in [0.1, 0.15) is 19.8 Å². The maximum absolute atomic E-state index is 5.78. The Hall–Kier alpha value is -0.680. The molecule has 1 N–H and O–H groups in total. The Morgan fingerprint density at radius 1 is 1.54 bits per heavy atom. The number of ether oxygens (including phenoxy) is 1. The van der Waals surface area contributed by atoms with Crippen LogP contribution in [0.4, 0.5) is 0 Å². The lowest BCUT2D eigenvalue weighted by molar-refractivity contribution is 0.0508. The quantitative estimate of drug-likeness (QED) is 0.773. The Bertz CT molecular complexity index is 256. The summed E-state index contributed by atoms with van der Waals surface area (Å²) in [5.41, 5.74) is -0.0546. The molecule has 4 nitrogen and oxygen atoms in total. The number of piperidine rings is 1. The minimum absolute atomic E-state index is 0.0546. The third-order valence-electron chi connectivity index (χ3n) is 2.35. The van der Waals surface area contributed by atoms with Crippen LogP contribution in [0, 0.1) is 0 Å². The topological polar surface area (TPSA) is 47.0 Å². The Labute approximate surface area is 81.5 Å². The van der Waals surface area contributed by atoms with Gasteiger partial charge in [-0.15, -0.1) is 0 Å². The second kappa shape index (κ2) is 3.59. The predicted octanol–water partition coefficient (Wildman–Crippen LogP) is 1.06. The molecule has 1 aromatic heterocycles. The highest BCUT2D eigenvalue weighted by molar-refractivity contribution is 7.03. The SMILES string of the molecule is CC1(Oc2csnn2)CCNCC1. The van der Waals surface area contributed by atoms with Gasteiger partial charge >= 0.3 is 0 Å². The van der Waals surface area contributed by atoms with Gasteiger partial charge in [0.1, 0.15) is 5.60 Å². The average Bonchev–Trinajstić information content (AvgIpc) is 2.57. The fourth-order valence-corrected chi connectivity index (χ4v) is 1.87. The molecule has 2 rings (SSSR count). The van der Waals surface area contributed by atoms with Crippen molar-refractivity contribution in [3.05, 3.63) is 5.38 Å². The number of nitrogens with zero attached hydrogens (tertiary/aromatic N) is 2. The zero-order valence-corrected chi connectivity index (χ0v) is 8.43. The van der Waals surface area contributed by atoms with Gasteiger partial charge in [0.25, 0.3) is 0 Å². The first-order valence-electron chi connectivity index (χ1n) is 4.45. The Morgan fingerprint density at radius 2 is 2.31 bits per heavy atom. The van der Waals surface area contributed by atoms with Crippen LogP contribution in [-0.4, -0.2) is 28.3 Å². The van der Waals surface area contributed by atoms with E-state index in [0.717, 1.165) is 25.9 Å². The van der Waals surface area contributed by atoms with Crippen molar-refractivity contribution < 1.29 is 4.74 Å². The van der Waals surface area contributed by atoms with Gasteiger partial charge < -0.3 is 10.1 Å². The minimum atomic E-state index is -0.0546. The molecule has 1 saturated heterocycles. The molecular weight excluding hydrogens is 186 g/mol. The van der Waals surface area contributed by atoms with E-state index in [1.165, 1.54) is 11.5 Å². The van der Waals surface area contributed by atoms with Crippen molar-refractivity contribution in [3.63, 3.8) is 0 Å². The molecule has 5 heteroatoms. The molecule has 72 valence electrons. The Kier molecular flexibility index (Phi) is 2.46. The molecule has 1 aliphatic rings.